The minimum absolute atomic E-state index is 0.152. The molecule has 1 saturated carbocycles. The smallest absolute Gasteiger partial charge is 0.0964 e. The van der Waals surface area contributed by atoms with Crippen molar-refractivity contribution in [2.45, 2.75) is 37.8 Å². The highest BCUT2D eigenvalue weighted by atomic mass is 32.1. The standard InChI is InChI=1S/C17H25NO2S/c1-2-14(1)10-19-6-3-16-4-7-20-17(16)12-18(13-17)9-15-5-8-21-11-15/h5,8,11,14,16H,1-4,6-7,9-10,12-13H2/t16-/m1/s1. The topological polar surface area (TPSA) is 21.7 Å². The normalized spacial score (nSPS) is 28.1. The Balaban J connectivity index is 1.22. The third kappa shape index (κ3) is 3.19. The van der Waals surface area contributed by atoms with Crippen molar-refractivity contribution in [2.24, 2.45) is 11.8 Å². The van der Waals surface area contributed by atoms with Crippen LogP contribution in [0.3, 0.4) is 0 Å². The van der Waals surface area contributed by atoms with Gasteiger partial charge in [0.1, 0.15) is 0 Å². The second kappa shape index (κ2) is 5.99. The Kier molecular flexibility index (Phi) is 4.05. The van der Waals surface area contributed by atoms with Crippen molar-refractivity contribution in [2.75, 3.05) is 32.9 Å². The molecule has 0 bridgehead atoms. The molecule has 1 spiro atoms. The summed E-state index contributed by atoms with van der Waals surface area (Å²) in [6.07, 6.45) is 5.17. The quantitative estimate of drug-likeness (QED) is 0.722. The van der Waals surface area contributed by atoms with Gasteiger partial charge in [-0.2, -0.15) is 11.3 Å². The van der Waals surface area contributed by atoms with Crippen molar-refractivity contribution < 1.29 is 9.47 Å². The van der Waals surface area contributed by atoms with Crippen LogP contribution < -0.4 is 0 Å². The van der Waals surface area contributed by atoms with Crippen LogP contribution in [-0.4, -0.2) is 43.4 Å². The molecule has 2 aliphatic heterocycles. The predicted molar refractivity (Wildman–Crippen MR) is 84.5 cm³/mol. The third-order valence-electron chi connectivity index (χ3n) is 5.23. The lowest BCUT2D eigenvalue weighted by atomic mass is 9.79. The monoisotopic (exact) mass is 307 g/mol. The summed E-state index contributed by atoms with van der Waals surface area (Å²) in [5.41, 5.74) is 1.59. The lowest BCUT2D eigenvalue weighted by Gasteiger charge is -2.50. The van der Waals surface area contributed by atoms with Gasteiger partial charge in [0.25, 0.3) is 0 Å². The molecule has 3 heterocycles. The largest absolute Gasteiger partial charge is 0.381 e. The average molecular weight is 307 g/mol. The molecule has 1 aliphatic carbocycles. The van der Waals surface area contributed by atoms with Gasteiger partial charge in [-0.25, -0.2) is 0 Å². The molecule has 0 radical (unpaired) electrons. The first kappa shape index (κ1) is 14.2. The summed E-state index contributed by atoms with van der Waals surface area (Å²) in [6, 6.07) is 2.23. The van der Waals surface area contributed by atoms with Gasteiger partial charge in [0.05, 0.1) is 5.60 Å². The summed E-state index contributed by atoms with van der Waals surface area (Å²) in [7, 11) is 0. The molecule has 3 nitrogen and oxygen atoms in total. The summed E-state index contributed by atoms with van der Waals surface area (Å²) in [5, 5.41) is 4.42. The van der Waals surface area contributed by atoms with Gasteiger partial charge in [-0.15, -0.1) is 0 Å². The van der Waals surface area contributed by atoms with Gasteiger partial charge < -0.3 is 9.47 Å². The van der Waals surface area contributed by atoms with Crippen LogP contribution in [0.15, 0.2) is 16.8 Å². The lowest BCUT2D eigenvalue weighted by Crippen LogP contribution is -2.64. The molecule has 21 heavy (non-hydrogen) atoms. The van der Waals surface area contributed by atoms with Gasteiger partial charge in [0.15, 0.2) is 0 Å². The molecule has 2 saturated heterocycles. The Morgan fingerprint density at radius 1 is 1.33 bits per heavy atom. The van der Waals surface area contributed by atoms with Crippen molar-refractivity contribution in [3.8, 4) is 0 Å². The molecule has 4 rings (SSSR count). The number of thiophene rings is 1. The maximum absolute atomic E-state index is 6.13. The molecule has 0 N–H and O–H groups in total. The molecule has 0 aromatic carbocycles. The molecule has 116 valence electrons. The maximum atomic E-state index is 6.13. The van der Waals surface area contributed by atoms with E-state index in [0.29, 0.717) is 5.92 Å². The highest BCUT2D eigenvalue weighted by Gasteiger charge is 2.52. The highest BCUT2D eigenvalue weighted by molar-refractivity contribution is 7.07. The van der Waals surface area contributed by atoms with E-state index in [9.17, 15) is 0 Å². The van der Waals surface area contributed by atoms with Crippen LogP contribution >= 0.6 is 11.3 Å². The summed E-state index contributed by atoms with van der Waals surface area (Å²) >= 11 is 1.79. The summed E-state index contributed by atoms with van der Waals surface area (Å²) in [6.45, 7) is 6.16. The molecule has 3 aliphatic rings. The van der Waals surface area contributed by atoms with E-state index in [1.54, 1.807) is 11.3 Å². The molecule has 4 heteroatoms. The van der Waals surface area contributed by atoms with Gasteiger partial charge >= 0.3 is 0 Å². The van der Waals surface area contributed by atoms with Gasteiger partial charge in [-0.05, 0) is 59.9 Å². The zero-order valence-electron chi connectivity index (χ0n) is 12.6. The van der Waals surface area contributed by atoms with Crippen molar-refractivity contribution in [3.05, 3.63) is 22.4 Å². The minimum Gasteiger partial charge on any atom is -0.381 e. The zero-order valence-corrected chi connectivity index (χ0v) is 13.4. The van der Waals surface area contributed by atoms with Crippen LogP contribution in [0.4, 0.5) is 0 Å². The Bertz CT molecular complexity index is 451. The fraction of sp³-hybridized carbons (Fsp3) is 0.765. The number of likely N-dealkylation sites (tertiary alicyclic amines) is 1. The number of ether oxygens (including phenoxy) is 2. The van der Waals surface area contributed by atoms with E-state index in [-0.39, 0.29) is 5.60 Å². The molecule has 0 amide bonds. The van der Waals surface area contributed by atoms with E-state index < -0.39 is 0 Å². The first-order valence-electron chi connectivity index (χ1n) is 8.29. The second-order valence-electron chi connectivity index (χ2n) is 6.98. The number of hydrogen-bond acceptors (Lipinski definition) is 4. The van der Waals surface area contributed by atoms with Crippen molar-refractivity contribution in [1.82, 2.24) is 4.90 Å². The maximum Gasteiger partial charge on any atom is 0.0964 e. The molecule has 1 atom stereocenters. The number of nitrogens with zero attached hydrogens (tertiary/aromatic N) is 1. The Morgan fingerprint density at radius 2 is 2.24 bits per heavy atom. The average Bonchev–Trinajstić information content (AvgIpc) is 2.96. The van der Waals surface area contributed by atoms with E-state index in [2.05, 4.69) is 21.7 Å². The summed E-state index contributed by atoms with van der Waals surface area (Å²) in [5.74, 6) is 1.58. The third-order valence-corrected chi connectivity index (χ3v) is 5.96. The van der Waals surface area contributed by atoms with Crippen LogP contribution in [0.1, 0.15) is 31.2 Å². The second-order valence-corrected chi connectivity index (χ2v) is 7.76. The van der Waals surface area contributed by atoms with Gasteiger partial charge in [0.2, 0.25) is 0 Å². The van der Waals surface area contributed by atoms with E-state index >= 15 is 0 Å². The van der Waals surface area contributed by atoms with Crippen molar-refractivity contribution >= 4 is 11.3 Å². The lowest BCUT2D eigenvalue weighted by molar-refractivity contribution is -0.139. The molecule has 1 aromatic rings. The molecular weight excluding hydrogens is 282 g/mol. The van der Waals surface area contributed by atoms with E-state index in [1.165, 1.54) is 31.2 Å². The molecular formula is C17H25NO2S. The first-order chi connectivity index (χ1) is 10.3. The van der Waals surface area contributed by atoms with E-state index in [1.807, 2.05) is 0 Å². The zero-order chi connectivity index (χ0) is 14.1. The predicted octanol–water partition coefficient (Wildman–Crippen LogP) is 3.16. The van der Waals surface area contributed by atoms with Crippen molar-refractivity contribution in [1.29, 1.82) is 0 Å². The van der Waals surface area contributed by atoms with Gasteiger partial charge in [-0.3, -0.25) is 4.90 Å². The summed E-state index contributed by atoms with van der Waals surface area (Å²) in [4.78, 5) is 2.52. The van der Waals surface area contributed by atoms with E-state index in [4.69, 9.17) is 9.47 Å². The Labute approximate surface area is 131 Å². The Morgan fingerprint density at radius 3 is 3.00 bits per heavy atom. The van der Waals surface area contributed by atoms with Crippen LogP contribution in [-0.2, 0) is 16.0 Å². The fourth-order valence-corrected chi connectivity index (χ4v) is 4.43. The van der Waals surface area contributed by atoms with Gasteiger partial charge in [0, 0.05) is 39.5 Å². The minimum atomic E-state index is 0.152. The SMILES string of the molecule is c1cc(CN2CC3(C2)OCC[C@H]3CCOCC2CC2)cs1. The molecule has 3 fully saturated rings. The Hall–Kier alpha value is -0.420. The van der Waals surface area contributed by atoms with Crippen LogP contribution in [0, 0.1) is 11.8 Å². The first-order valence-corrected chi connectivity index (χ1v) is 9.23. The number of hydrogen-bond donors (Lipinski definition) is 0. The molecule has 1 aromatic heterocycles. The van der Waals surface area contributed by atoms with Crippen molar-refractivity contribution in [3.63, 3.8) is 0 Å². The number of rotatable bonds is 7. The summed E-state index contributed by atoms with van der Waals surface area (Å²) < 4.78 is 12.0. The van der Waals surface area contributed by atoms with Crippen LogP contribution in [0.2, 0.25) is 0 Å². The van der Waals surface area contributed by atoms with Crippen LogP contribution in [0.25, 0.3) is 0 Å². The van der Waals surface area contributed by atoms with Gasteiger partial charge in [-0.1, -0.05) is 0 Å². The molecule has 0 unspecified atom stereocenters. The van der Waals surface area contributed by atoms with Crippen LogP contribution in [0.5, 0.6) is 0 Å². The fourth-order valence-electron chi connectivity index (χ4n) is 3.77. The highest BCUT2D eigenvalue weighted by Crippen LogP contribution is 2.42. The van der Waals surface area contributed by atoms with E-state index in [0.717, 1.165) is 45.4 Å².